The molecule has 0 unspecified atom stereocenters. The molecule has 3 aromatic rings. The van der Waals surface area contributed by atoms with Gasteiger partial charge in [0.15, 0.2) is 5.49 Å². The monoisotopic (exact) mass is 521 g/mol. The summed E-state index contributed by atoms with van der Waals surface area (Å²) in [6.07, 6.45) is 9.07. The van der Waals surface area contributed by atoms with Crippen LogP contribution in [0.1, 0.15) is 25.3 Å². The minimum absolute atomic E-state index is 0.0111. The van der Waals surface area contributed by atoms with Crippen LogP contribution in [0.4, 0.5) is 0 Å². The summed E-state index contributed by atoms with van der Waals surface area (Å²) in [5.41, 5.74) is 0.819. The van der Waals surface area contributed by atoms with Crippen LogP contribution in [0.5, 0.6) is 0 Å². The molecule has 34 heavy (non-hydrogen) atoms. The molecule has 174 valence electrons. The molecule has 9 heteroatoms. The van der Waals surface area contributed by atoms with Gasteiger partial charge in [0.25, 0.3) is 11.5 Å². The highest BCUT2D eigenvalue weighted by Gasteiger charge is 2.15. The molecule has 0 atom stereocenters. The lowest BCUT2D eigenvalue weighted by Crippen LogP contribution is -2.30. The zero-order chi connectivity index (χ0) is 24.5. The van der Waals surface area contributed by atoms with E-state index in [-0.39, 0.29) is 28.4 Å². The minimum Gasteiger partial charge on any atom is -0.382 e. The second-order valence-electron chi connectivity index (χ2n) is 7.20. The van der Waals surface area contributed by atoms with Crippen LogP contribution in [0.2, 0.25) is 0 Å². The van der Waals surface area contributed by atoms with E-state index in [4.69, 9.17) is 4.74 Å². The lowest BCUT2D eigenvalue weighted by Gasteiger charge is -2.13. The number of allylic oxidation sites excluding steroid dienone is 4. The number of pyridine rings is 2. The van der Waals surface area contributed by atoms with Crippen molar-refractivity contribution in [3.63, 3.8) is 0 Å². The van der Waals surface area contributed by atoms with E-state index in [0.29, 0.717) is 42.0 Å². The van der Waals surface area contributed by atoms with E-state index in [0.717, 1.165) is 0 Å². The Labute approximate surface area is 205 Å². The largest absolute Gasteiger partial charge is 0.382 e. The van der Waals surface area contributed by atoms with Gasteiger partial charge in [-0.1, -0.05) is 52.9 Å². The van der Waals surface area contributed by atoms with E-state index >= 15 is 0 Å². The van der Waals surface area contributed by atoms with Crippen molar-refractivity contribution in [1.82, 2.24) is 14.0 Å². The zero-order valence-corrected chi connectivity index (χ0v) is 20.4. The lowest BCUT2D eigenvalue weighted by molar-refractivity contribution is -0.117. The highest BCUT2D eigenvalue weighted by molar-refractivity contribution is 9.11. The summed E-state index contributed by atoms with van der Waals surface area (Å²) >= 11 is 3.36. The molecule has 0 spiro atoms. The van der Waals surface area contributed by atoms with Gasteiger partial charge in [0.1, 0.15) is 17.4 Å². The van der Waals surface area contributed by atoms with Gasteiger partial charge >= 0.3 is 0 Å². The van der Waals surface area contributed by atoms with Crippen LogP contribution in [-0.2, 0) is 16.1 Å². The maximum atomic E-state index is 13.1. The summed E-state index contributed by atoms with van der Waals surface area (Å²) < 4.78 is 9.16. The van der Waals surface area contributed by atoms with Crippen molar-refractivity contribution in [3.05, 3.63) is 87.2 Å². The van der Waals surface area contributed by atoms with E-state index in [1.165, 1.54) is 10.5 Å². The number of carbonyl (C=O) groups excluding carboxylic acids is 1. The van der Waals surface area contributed by atoms with Gasteiger partial charge < -0.3 is 9.30 Å². The van der Waals surface area contributed by atoms with Gasteiger partial charge in [-0.15, -0.1) is 0 Å². The SMILES string of the molecule is C=C/C=C/C=C(\Br)CC(=O)N=c1c(C#N)cc2c(=O)n3ccccc3nc2n1CCCOCC. The number of fused-ring (bicyclic) bond motifs is 2. The van der Waals surface area contributed by atoms with E-state index in [1.54, 1.807) is 53.3 Å². The smallest absolute Gasteiger partial charge is 0.267 e. The Morgan fingerprint density at radius 2 is 2.21 bits per heavy atom. The minimum atomic E-state index is -0.443. The third-order valence-electron chi connectivity index (χ3n) is 4.86. The third-order valence-corrected chi connectivity index (χ3v) is 5.40. The Bertz CT molecular complexity index is 1460. The number of rotatable bonds is 9. The Hall–Kier alpha value is -3.61. The molecule has 3 aromatic heterocycles. The molecule has 3 rings (SSSR count). The summed E-state index contributed by atoms with van der Waals surface area (Å²) in [4.78, 5) is 34.8. The predicted octanol–water partition coefficient (Wildman–Crippen LogP) is 3.79. The molecule has 0 N–H and O–H groups in total. The first-order valence-corrected chi connectivity index (χ1v) is 11.5. The van der Waals surface area contributed by atoms with Crippen LogP contribution in [0.25, 0.3) is 16.7 Å². The van der Waals surface area contributed by atoms with E-state index in [2.05, 4.69) is 38.6 Å². The first-order valence-electron chi connectivity index (χ1n) is 10.7. The summed E-state index contributed by atoms with van der Waals surface area (Å²) in [6.45, 7) is 6.92. The van der Waals surface area contributed by atoms with E-state index in [9.17, 15) is 14.9 Å². The molecule has 0 saturated heterocycles. The van der Waals surface area contributed by atoms with Crippen LogP contribution < -0.4 is 11.0 Å². The molecular weight excluding hydrogens is 498 g/mol. The molecule has 0 aliphatic carbocycles. The van der Waals surface area contributed by atoms with Gasteiger partial charge in [-0.05, 0) is 31.5 Å². The lowest BCUT2D eigenvalue weighted by atomic mass is 10.2. The summed E-state index contributed by atoms with van der Waals surface area (Å²) in [5, 5.41) is 10.1. The number of ether oxygens (including phenoxy) is 1. The highest BCUT2D eigenvalue weighted by atomic mass is 79.9. The number of amides is 1. The summed E-state index contributed by atoms with van der Waals surface area (Å²) in [7, 11) is 0. The Kier molecular flexibility index (Phi) is 8.85. The van der Waals surface area contributed by atoms with Crippen LogP contribution in [0.15, 0.2) is 75.6 Å². The fourth-order valence-corrected chi connectivity index (χ4v) is 3.75. The number of carbonyl (C=O) groups is 1. The molecule has 0 aliphatic rings. The molecule has 8 nitrogen and oxygen atoms in total. The maximum Gasteiger partial charge on any atom is 0.267 e. The number of nitrogens with zero attached hydrogens (tertiary/aromatic N) is 5. The van der Waals surface area contributed by atoms with Crippen molar-refractivity contribution in [3.8, 4) is 6.07 Å². The first-order chi connectivity index (χ1) is 16.5. The van der Waals surface area contributed by atoms with Gasteiger partial charge in [-0.3, -0.25) is 14.0 Å². The van der Waals surface area contributed by atoms with Gasteiger partial charge in [0, 0.05) is 30.4 Å². The Morgan fingerprint density at radius 1 is 1.38 bits per heavy atom. The van der Waals surface area contributed by atoms with Crippen molar-refractivity contribution in [2.24, 2.45) is 4.99 Å². The van der Waals surface area contributed by atoms with Gasteiger partial charge in [0.2, 0.25) is 0 Å². The van der Waals surface area contributed by atoms with Crippen molar-refractivity contribution >= 4 is 38.5 Å². The molecule has 3 heterocycles. The fourth-order valence-electron chi connectivity index (χ4n) is 3.36. The topological polar surface area (TPSA) is 102 Å². The second kappa shape index (κ2) is 12.0. The van der Waals surface area contributed by atoms with E-state index in [1.807, 2.05) is 6.92 Å². The van der Waals surface area contributed by atoms with Crippen molar-refractivity contribution < 1.29 is 9.53 Å². The van der Waals surface area contributed by atoms with Crippen LogP contribution in [0, 0.1) is 11.3 Å². The number of aryl methyl sites for hydroxylation is 1. The fraction of sp³-hybridized carbons (Fsp3) is 0.240. The molecule has 0 radical (unpaired) electrons. The second-order valence-corrected chi connectivity index (χ2v) is 8.21. The Balaban J connectivity index is 2.22. The molecule has 0 saturated carbocycles. The van der Waals surface area contributed by atoms with Crippen molar-refractivity contribution in [1.29, 1.82) is 5.26 Å². The van der Waals surface area contributed by atoms with Gasteiger partial charge in [-0.2, -0.15) is 10.3 Å². The maximum absolute atomic E-state index is 13.1. The quantitative estimate of drug-likeness (QED) is 0.242. The molecule has 0 aliphatic heterocycles. The van der Waals surface area contributed by atoms with Crippen molar-refractivity contribution in [2.45, 2.75) is 26.3 Å². The number of hydrogen-bond acceptors (Lipinski definition) is 5. The predicted molar refractivity (Wildman–Crippen MR) is 134 cm³/mol. The standard InChI is InChI=1S/C25H24BrN5O3/c1-3-5-6-10-19(26)16-22(32)29-23-18(17-27)15-20-24(31(23)13-9-14-34-4-2)28-21-11-7-8-12-30(21)25(20)33/h3,5-8,10-12,15H,1,4,9,13-14,16H2,2H3/b6-5+,19-10-,29-23?. The zero-order valence-electron chi connectivity index (χ0n) is 18.8. The Morgan fingerprint density at radius 3 is 2.94 bits per heavy atom. The average molecular weight is 522 g/mol. The van der Waals surface area contributed by atoms with E-state index < -0.39 is 5.91 Å². The third kappa shape index (κ3) is 5.84. The summed E-state index contributed by atoms with van der Waals surface area (Å²) in [5.74, 6) is -0.443. The normalized spacial score (nSPS) is 12.5. The van der Waals surface area contributed by atoms with Crippen molar-refractivity contribution in [2.75, 3.05) is 13.2 Å². The molecule has 0 fully saturated rings. The highest BCUT2D eigenvalue weighted by Crippen LogP contribution is 2.13. The van der Waals surface area contributed by atoms with Gasteiger partial charge in [0.05, 0.1) is 17.4 Å². The average Bonchev–Trinajstić information content (AvgIpc) is 2.83. The number of aromatic nitrogens is 3. The number of nitriles is 1. The first kappa shape index (κ1) is 25.0. The van der Waals surface area contributed by atoms with Crippen LogP contribution >= 0.6 is 15.9 Å². The molecular formula is C25H24BrN5O3. The molecule has 0 bridgehead atoms. The van der Waals surface area contributed by atoms with Gasteiger partial charge in [-0.25, -0.2) is 4.98 Å². The molecule has 0 aromatic carbocycles. The van der Waals surface area contributed by atoms with Crippen LogP contribution in [-0.4, -0.2) is 33.1 Å². The van der Waals surface area contributed by atoms with Crippen LogP contribution in [0.3, 0.4) is 0 Å². The molecule has 1 amide bonds. The summed E-state index contributed by atoms with van der Waals surface area (Å²) in [6, 6.07) is 8.79. The number of hydrogen-bond donors (Lipinski definition) is 0. The number of halogens is 1.